The fraction of sp³-hybridized carbons (Fsp3) is 0.500. The Bertz CT molecular complexity index is 2370. The van der Waals surface area contributed by atoms with Crippen LogP contribution in [0.15, 0.2) is 54.7 Å². The van der Waals surface area contributed by atoms with Crippen LogP contribution in [0.25, 0.3) is 22.2 Å². The first-order valence-electron chi connectivity index (χ1n) is 21.9. The Morgan fingerprint density at radius 2 is 1.52 bits per heavy atom. The number of hydrogen-bond acceptors (Lipinski definition) is 10. The van der Waals surface area contributed by atoms with Crippen molar-refractivity contribution in [3.8, 4) is 17.0 Å². The molecule has 5 fully saturated rings. The third-order valence-corrected chi connectivity index (χ3v) is 14.0. The van der Waals surface area contributed by atoms with Crippen molar-refractivity contribution >= 4 is 51.9 Å². The van der Waals surface area contributed by atoms with Crippen LogP contribution in [0.5, 0.6) is 5.75 Å². The number of hydrogen-bond donors (Lipinski definition) is 2. The van der Waals surface area contributed by atoms with Crippen LogP contribution < -0.4 is 19.9 Å². The molecular formula is C46H52N8O6. The first-order valence-corrected chi connectivity index (χ1v) is 21.9. The van der Waals surface area contributed by atoms with E-state index in [1.54, 1.807) is 12.1 Å². The molecule has 4 saturated heterocycles. The Hall–Kier alpha value is -5.79. The van der Waals surface area contributed by atoms with Gasteiger partial charge < -0.3 is 19.4 Å². The molecule has 0 bridgehead atoms. The van der Waals surface area contributed by atoms with Crippen LogP contribution in [0.1, 0.15) is 98.3 Å². The summed E-state index contributed by atoms with van der Waals surface area (Å²) in [6, 6.07) is 14.6. The monoisotopic (exact) mass is 812 g/mol. The van der Waals surface area contributed by atoms with E-state index in [4.69, 9.17) is 9.72 Å². The molecule has 0 spiro atoms. The van der Waals surface area contributed by atoms with Crippen LogP contribution in [0.3, 0.4) is 0 Å². The van der Waals surface area contributed by atoms with E-state index >= 15 is 0 Å². The van der Waals surface area contributed by atoms with Crippen molar-refractivity contribution < 1.29 is 28.7 Å². The van der Waals surface area contributed by atoms with E-state index in [0.29, 0.717) is 28.9 Å². The highest BCUT2D eigenvalue weighted by Gasteiger charge is 2.45. The highest BCUT2D eigenvalue weighted by Crippen LogP contribution is 2.41. The molecule has 1 unspecified atom stereocenters. The highest BCUT2D eigenvalue weighted by atomic mass is 16.5. The zero-order valence-corrected chi connectivity index (χ0v) is 34.2. The van der Waals surface area contributed by atoms with Gasteiger partial charge in [-0.3, -0.25) is 39.3 Å². The topological polar surface area (TPSA) is 161 Å². The molecular weight excluding hydrogens is 761 g/mol. The number of carbonyl (C=O) groups is 5. The Labute approximate surface area is 349 Å². The summed E-state index contributed by atoms with van der Waals surface area (Å²) in [6.45, 7) is 7.13. The molecule has 14 nitrogen and oxygen atoms in total. The number of aromatic amines is 1. The van der Waals surface area contributed by atoms with E-state index < -0.39 is 23.8 Å². The molecule has 1 atom stereocenters. The number of carbonyl (C=O) groups excluding carboxylic acids is 5. The average Bonchev–Trinajstić information content (AvgIpc) is 3.75. The summed E-state index contributed by atoms with van der Waals surface area (Å²) >= 11 is 0. The molecule has 312 valence electrons. The number of fused-ring (bicyclic) bond motifs is 2. The Morgan fingerprint density at radius 1 is 0.800 bits per heavy atom. The van der Waals surface area contributed by atoms with Gasteiger partial charge in [0.2, 0.25) is 17.7 Å². The number of likely N-dealkylation sites (tertiary alicyclic amines) is 1. The van der Waals surface area contributed by atoms with Crippen LogP contribution >= 0.6 is 0 Å². The van der Waals surface area contributed by atoms with Gasteiger partial charge in [-0.05, 0) is 131 Å². The molecule has 2 N–H and O–H groups in total. The summed E-state index contributed by atoms with van der Waals surface area (Å²) in [5.74, 6) is 1.41. The van der Waals surface area contributed by atoms with Crippen LogP contribution in [-0.2, 0) is 14.4 Å². The third kappa shape index (κ3) is 7.38. The van der Waals surface area contributed by atoms with Gasteiger partial charge in [0.05, 0.1) is 16.6 Å². The van der Waals surface area contributed by atoms with E-state index in [-0.39, 0.29) is 30.3 Å². The summed E-state index contributed by atoms with van der Waals surface area (Å²) in [4.78, 5) is 76.8. The van der Waals surface area contributed by atoms with Gasteiger partial charge >= 0.3 is 0 Å². The molecule has 2 aromatic carbocycles. The van der Waals surface area contributed by atoms with Crippen molar-refractivity contribution in [2.75, 3.05) is 49.1 Å². The first kappa shape index (κ1) is 38.4. The molecule has 60 heavy (non-hydrogen) atoms. The van der Waals surface area contributed by atoms with Gasteiger partial charge in [0.15, 0.2) is 0 Å². The van der Waals surface area contributed by atoms with Gasteiger partial charge in [-0.25, -0.2) is 4.98 Å². The largest absolute Gasteiger partial charge is 0.488 e. The maximum Gasteiger partial charge on any atom is 0.262 e. The predicted octanol–water partition coefficient (Wildman–Crippen LogP) is 5.72. The van der Waals surface area contributed by atoms with Crippen molar-refractivity contribution in [1.29, 1.82) is 0 Å². The normalized spacial score (nSPS) is 22.7. The Morgan fingerprint density at radius 3 is 2.25 bits per heavy atom. The molecule has 6 aliphatic rings. The number of imide groups is 2. The molecule has 1 aliphatic carbocycles. The van der Waals surface area contributed by atoms with E-state index in [1.807, 2.05) is 30.5 Å². The second-order valence-corrected chi connectivity index (χ2v) is 18.1. The number of aromatic nitrogens is 3. The highest BCUT2D eigenvalue weighted by molar-refractivity contribution is 6.23. The smallest absolute Gasteiger partial charge is 0.262 e. The fourth-order valence-electron chi connectivity index (χ4n) is 10.1. The minimum atomic E-state index is -0.966. The minimum absolute atomic E-state index is 0.0421. The lowest BCUT2D eigenvalue weighted by atomic mass is 9.82. The average molecular weight is 813 g/mol. The van der Waals surface area contributed by atoms with Gasteiger partial charge in [-0.2, -0.15) is 5.10 Å². The van der Waals surface area contributed by atoms with E-state index in [2.05, 4.69) is 49.3 Å². The van der Waals surface area contributed by atoms with Crippen molar-refractivity contribution in [3.63, 3.8) is 0 Å². The lowest BCUT2D eigenvalue weighted by Crippen LogP contribution is -2.54. The zero-order chi connectivity index (χ0) is 41.1. The number of nitrogens with zero attached hydrogens (tertiary/aromatic N) is 6. The zero-order valence-electron chi connectivity index (χ0n) is 34.2. The van der Waals surface area contributed by atoms with Crippen molar-refractivity contribution in [1.82, 2.24) is 30.3 Å². The second kappa shape index (κ2) is 15.3. The number of piperidine rings is 4. The molecule has 5 aliphatic heterocycles. The number of ether oxygens (including phenoxy) is 1. The number of H-pyrrole nitrogens is 1. The summed E-state index contributed by atoms with van der Waals surface area (Å²) in [7, 11) is 0. The summed E-state index contributed by atoms with van der Waals surface area (Å²) in [5, 5.41) is 11.1. The minimum Gasteiger partial charge on any atom is -0.488 e. The lowest BCUT2D eigenvalue weighted by Gasteiger charge is -2.39. The summed E-state index contributed by atoms with van der Waals surface area (Å²) < 4.78 is 6.23. The first-order chi connectivity index (χ1) is 29.1. The van der Waals surface area contributed by atoms with Crippen LogP contribution in [-0.4, -0.2) is 105 Å². The molecule has 5 amide bonds. The summed E-state index contributed by atoms with van der Waals surface area (Å²) in [6.07, 6.45) is 11.2. The standard InChI is InChI=1S/C46H52N8O6/c1-46(15-16-46)60-33-3-5-37-36(27-33)41(50-49-37)31-8-17-47-39(25-31)52-22-13-30(14-23-52)43(57)53-20-11-29(12-21-53)24-28-9-18-51(19-10-28)32-2-4-34-35(26-32)45(59)54(44(34)58)38-6-7-40(55)48-42(38)56/h2-5,8,17,25-30,38H,6-7,9-16,18-24H2,1H3,(H,49,50)(H,48,55,56). The Kier molecular flexibility index (Phi) is 9.83. The predicted molar refractivity (Wildman–Crippen MR) is 225 cm³/mol. The maximum absolute atomic E-state index is 13.7. The number of amides is 5. The summed E-state index contributed by atoms with van der Waals surface area (Å²) in [5.41, 5.74) is 4.34. The van der Waals surface area contributed by atoms with E-state index in [0.717, 1.165) is 135 Å². The molecule has 14 heteroatoms. The molecule has 7 heterocycles. The molecule has 0 radical (unpaired) electrons. The maximum atomic E-state index is 13.7. The van der Waals surface area contributed by atoms with Crippen molar-refractivity contribution in [3.05, 3.63) is 65.9 Å². The Balaban J connectivity index is 0.679. The number of rotatable bonds is 9. The van der Waals surface area contributed by atoms with Crippen LogP contribution in [0.2, 0.25) is 0 Å². The molecule has 1 saturated carbocycles. The number of anilines is 2. The number of nitrogens with one attached hydrogen (secondary N) is 2. The van der Waals surface area contributed by atoms with Gasteiger partial charge in [0, 0.05) is 74.4 Å². The fourth-order valence-corrected chi connectivity index (χ4v) is 10.1. The van der Waals surface area contributed by atoms with Crippen LogP contribution in [0.4, 0.5) is 11.5 Å². The number of pyridine rings is 1. The quantitative estimate of drug-likeness (QED) is 0.200. The molecule has 10 rings (SSSR count). The van der Waals surface area contributed by atoms with E-state index in [9.17, 15) is 24.0 Å². The van der Waals surface area contributed by atoms with Gasteiger partial charge in [0.1, 0.15) is 28.9 Å². The van der Waals surface area contributed by atoms with Gasteiger partial charge in [-0.1, -0.05) is 0 Å². The van der Waals surface area contributed by atoms with Crippen molar-refractivity contribution in [2.24, 2.45) is 17.8 Å². The van der Waals surface area contributed by atoms with Crippen molar-refractivity contribution in [2.45, 2.75) is 89.2 Å². The van der Waals surface area contributed by atoms with E-state index in [1.165, 1.54) is 6.42 Å². The second-order valence-electron chi connectivity index (χ2n) is 18.1. The van der Waals surface area contributed by atoms with Gasteiger partial charge in [-0.15, -0.1) is 0 Å². The number of benzene rings is 2. The molecule has 4 aromatic rings. The molecule has 2 aromatic heterocycles. The van der Waals surface area contributed by atoms with Gasteiger partial charge in [0.25, 0.3) is 11.8 Å². The lowest BCUT2D eigenvalue weighted by molar-refractivity contribution is -0.138. The van der Waals surface area contributed by atoms with Crippen LogP contribution in [0, 0.1) is 17.8 Å². The SMILES string of the molecule is CC1(Oc2ccc3[nH]nc(-c4ccnc(N5CCC(C(=O)N6CCC(CC7CCN(c8ccc9c(c8)C(=O)N(C8CCC(=O)NC8=O)C9=O)CC7)CC6)CC5)c4)c3c2)CC1. The third-order valence-electron chi connectivity index (χ3n) is 14.0.